The molecule has 0 radical (unpaired) electrons. The fourth-order valence-corrected chi connectivity index (χ4v) is 11.2. The van der Waals surface area contributed by atoms with Crippen molar-refractivity contribution in [2.24, 2.45) is 35.0 Å². The minimum absolute atomic E-state index is 0.0139. The number of nitrogens with one attached hydrogen (secondary N) is 3. The van der Waals surface area contributed by atoms with Crippen molar-refractivity contribution >= 4 is 0 Å². The van der Waals surface area contributed by atoms with Crippen LogP contribution >= 0.6 is 0 Å². The molecule has 7 nitrogen and oxygen atoms in total. The first-order valence-corrected chi connectivity index (χ1v) is 24.3. The summed E-state index contributed by atoms with van der Waals surface area (Å²) in [6, 6.07) is 1.39. The first kappa shape index (κ1) is 49.4. The maximum atomic E-state index is 7.45. The standard InChI is InChI=1S/C50H97N3O4/c1-33(2)37-24-39(29-47(9,10)28-37)55-45(22-20-18-17-19-21-23-54-38-25-42(34(3)4)51-48(11,12)30-38)46(56-40-26-43(35(5)6)52-49(13,14)31-40)57-41-27-44(36(7)8)53-50(15,16)32-41/h33-46,51-53H,17-32H2,1-16H3. The lowest BCUT2D eigenvalue weighted by molar-refractivity contribution is -0.270. The van der Waals surface area contributed by atoms with Crippen LogP contribution in [0.5, 0.6) is 0 Å². The van der Waals surface area contributed by atoms with E-state index in [0.29, 0.717) is 53.8 Å². The van der Waals surface area contributed by atoms with Crippen LogP contribution in [0.1, 0.15) is 207 Å². The fraction of sp³-hybridized carbons (Fsp3) is 1.00. The smallest absolute Gasteiger partial charge is 0.184 e. The monoisotopic (exact) mass is 804 g/mol. The summed E-state index contributed by atoms with van der Waals surface area (Å²) >= 11 is 0. The molecule has 9 unspecified atom stereocenters. The number of hydrogen-bond donors (Lipinski definition) is 3. The van der Waals surface area contributed by atoms with E-state index in [1.54, 1.807) is 0 Å². The van der Waals surface area contributed by atoms with E-state index in [2.05, 4.69) is 127 Å². The first-order valence-electron chi connectivity index (χ1n) is 24.3. The van der Waals surface area contributed by atoms with Gasteiger partial charge in [0.15, 0.2) is 6.29 Å². The Morgan fingerprint density at radius 1 is 0.456 bits per heavy atom. The Bertz CT molecular complexity index is 1130. The molecule has 3 heterocycles. The second kappa shape index (κ2) is 21.2. The molecule has 9 atom stereocenters. The van der Waals surface area contributed by atoms with Gasteiger partial charge in [-0.25, -0.2) is 0 Å². The molecule has 4 rings (SSSR count). The van der Waals surface area contributed by atoms with Crippen molar-refractivity contribution in [3.8, 4) is 0 Å². The second-order valence-corrected chi connectivity index (χ2v) is 24.0. The zero-order valence-electron chi connectivity index (χ0n) is 40.5. The molecule has 1 saturated carbocycles. The lowest BCUT2D eigenvalue weighted by Gasteiger charge is -2.47. The Kier molecular flexibility index (Phi) is 18.4. The SMILES string of the molecule is CC(C)C1CC(OC(CCCCCCCOC2CC(C(C)C)NC(C)(C)C2)C(OC2CC(C(C)C)NC(C)(C)C2)OC2CC(C(C)C)NC(C)(C)C2)CC(C)(C)C1. The van der Waals surface area contributed by atoms with Gasteiger partial charge in [-0.1, -0.05) is 94.9 Å². The van der Waals surface area contributed by atoms with Crippen LogP contribution in [-0.4, -0.2) is 78.2 Å². The predicted octanol–water partition coefficient (Wildman–Crippen LogP) is 11.6. The molecule has 4 fully saturated rings. The Morgan fingerprint density at radius 3 is 1.35 bits per heavy atom. The fourth-order valence-electron chi connectivity index (χ4n) is 11.2. The summed E-state index contributed by atoms with van der Waals surface area (Å²) in [7, 11) is 0. The molecule has 0 aromatic heterocycles. The van der Waals surface area contributed by atoms with Crippen LogP contribution in [0.2, 0.25) is 0 Å². The third kappa shape index (κ3) is 16.5. The minimum Gasteiger partial charge on any atom is -0.378 e. The number of piperidine rings is 3. The molecule has 3 N–H and O–H groups in total. The van der Waals surface area contributed by atoms with Crippen LogP contribution in [0.15, 0.2) is 0 Å². The van der Waals surface area contributed by atoms with Crippen LogP contribution in [-0.2, 0) is 18.9 Å². The number of hydrogen-bond acceptors (Lipinski definition) is 7. The van der Waals surface area contributed by atoms with Crippen molar-refractivity contribution < 1.29 is 18.9 Å². The molecule has 3 saturated heterocycles. The summed E-state index contributed by atoms with van der Waals surface area (Å²) in [6.07, 6.45) is 17.1. The lowest BCUT2D eigenvalue weighted by Crippen LogP contribution is -2.58. The Labute approximate surface area is 354 Å². The Morgan fingerprint density at radius 2 is 0.877 bits per heavy atom. The van der Waals surface area contributed by atoms with Crippen molar-refractivity contribution in [2.75, 3.05) is 6.61 Å². The molecule has 0 aromatic carbocycles. The van der Waals surface area contributed by atoms with Gasteiger partial charge in [0, 0.05) is 41.3 Å². The van der Waals surface area contributed by atoms with Crippen LogP contribution in [0, 0.1) is 35.0 Å². The van der Waals surface area contributed by atoms with Crippen LogP contribution in [0.3, 0.4) is 0 Å². The summed E-state index contributed by atoms with van der Waals surface area (Å²) in [5, 5.41) is 11.7. The molecule has 3 aliphatic heterocycles. The summed E-state index contributed by atoms with van der Waals surface area (Å²) in [5.74, 6) is 3.07. The molecule has 336 valence electrons. The number of ether oxygens (including phenoxy) is 4. The van der Waals surface area contributed by atoms with E-state index in [1.807, 2.05) is 0 Å². The second-order valence-electron chi connectivity index (χ2n) is 24.0. The molecule has 0 amide bonds. The highest BCUT2D eigenvalue weighted by atomic mass is 16.7. The van der Waals surface area contributed by atoms with Gasteiger partial charge < -0.3 is 34.9 Å². The summed E-state index contributed by atoms with van der Waals surface area (Å²) in [5.41, 5.74) is 0.444. The van der Waals surface area contributed by atoms with Crippen molar-refractivity contribution in [1.29, 1.82) is 0 Å². The maximum Gasteiger partial charge on any atom is 0.184 e. The van der Waals surface area contributed by atoms with E-state index >= 15 is 0 Å². The minimum atomic E-state index is -0.372. The van der Waals surface area contributed by atoms with E-state index in [1.165, 1.54) is 25.7 Å². The molecule has 7 heteroatoms. The third-order valence-corrected chi connectivity index (χ3v) is 14.3. The summed E-state index contributed by atoms with van der Waals surface area (Å²) < 4.78 is 28.7. The van der Waals surface area contributed by atoms with Crippen molar-refractivity contribution in [2.45, 2.75) is 279 Å². The molecular weight excluding hydrogens is 707 g/mol. The third-order valence-electron chi connectivity index (χ3n) is 14.3. The van der Waals surface area contributed by atoms with Crippen LogP contribution < -0.4 is 16.0 Å². The largest absolute Gasteiger partial charge is 0.378 e. The quantitative estimate of drug-likeness (QED) is 0.0836. The molecule has 0 spiro atoms. The van der Waals surface area contributed by atoms with Gasteiger partial charge in [0.2, 0.25) is 0 Å². The Balaban J connectivity index is 1.47. The summed E-state index contributed by atoms with van der Waals surface area (Å²) in [4.78, 5) is 0. The predicted molar refractivity (Wildman–Crippen MR) is 241 cm³/mol. The van der Waals surface area contributed by atoms with Gasteiger partial charge in [-0.05, 0) is 147 Å². The molecule has 0 bridgehead atoms. The molecule has 4 aliphatic rings. The number of unbranched alkanes of at least 4 members (excludes halogenated alkanes) is 4. The lowest BCUT2D eigenvalue weighted by atomic mass is 9.68. The van der Waals surface area contributed by atoms with Gasteiger partial charge in [0.1, 0.15) is 6.10 Å². The Hall–Kier alpha value is -0.280. The van der Waals surface area contributed by atoms with E-state index in [-0.39, 0.29) is 52.7 Å². The zero-order chi connectivity index (χ0) is 42.3. The highest BCUT2D eigenvalue weighted by Crippen LogP contribution is 2.44. The van der Waals surface area contributed by atoms with E-state index < -0.39 is 0 Å². The van der Waals surface area contributed by atoms with Gasteiger partial charge in [0.05, 0.1) is 24.4 Å². The normalized spacial score (nSPS) is 33.9. The van der Waals surface area contributed by atoms with Crippen LogP contribution in [0.25, 0.3) is 0 Å². The molecule has 0 aromatic rings. The summed E-state index contributed by atoms with van der Waals surface area (Å²) in [6.45, 7) is 38.7. The van der Waals surface area contributed by atoms with Crippen molar-refractivity contribution in [1.82, 2.24) is 16.0 Å². The van der Waals surface area contributed by atoms with E-state index in [0.717, 1.165) is 77.2 Å². The van der Waals surface area contributed by atoms with Gasteiger partial charge in [-0.15, -0.1) is 0 Å². The van der Waals surface area contributed by atoms with Gasteiger partial charge in [-0.2, -0.15) is 0 Å². The van der Waals surface area contributed by atoms with E-state index in [9.17, 15) is 0 Å². The first-order chi connectivity index (χ1) is 26.4. The zero-order valence-corrected chi connectivity index (χ0v) is 40.5. The highest BCUT2D eigenvalue weighted by molar-refractivity contribution is 4.97. The van der Waals surface area contributed by atoms with Gasteiger partial charge >= 0.3 is 0 Å². The maximum absolute atomic E-state index is 7.45. The number of rotatable bonds is 20. The highest BCUT2D eigenvalue weighted by Gasteiger charge is 2.43. The van der Waals surface area contributed by atoms with Crippen molar-refractivity contribution in [3.05, 3.63) is 0 Å². The van der Waals surface area contributed by atoms with Crippen molar-refractivity contribution in [3.63, 3.8) is 0 Å². The van der Waals surface area contributed by atoms with E-state index in [4.69, 9.17) is 18.9 Å². The average Bonchev–Trinajstić information content (AvgIpc) is 3.05. The van der Waals surface area contributed by atoms with Gasteiger partial charge in [-0.3, -0.25) is 0 Å². The average molecular weight is 804 g/mol. The topological polar surface area (TPSA) is 73.0 Å². The van der Waals surface area contributed by atoms with Crippen LogP contribution in [0.4, 0.5) is 0 Å². The molecular formula is C50H97N3O4. The molecule has 57 heavy (non-hydrogen) atoms. The molecule has 1 aliphatic carbocycles. The van der Waals surface area contributed by atoms with Gasteiger partial charge in [0.25, 0.3) is 0 Å².